The predicted octanol–water partition coefficient (Wildman–Crippen LogP) is 1.46. The van der Waals surface area contributed by atoms with Crippen LogP contribution in [0.5, 0.6) is 0 Å². The Balaban J connectivity index is 1.26. The van der Waals surface area contributed by atoms with Crippen molar-refractivity contribution in [2.75, 3.05) is 13.1 Å². The summed E-state index contributed by atoms with van der Waals surface area (Å²) in [5.74, 6) is -1.59. The Morgan fingerprint density at radius 2 is 0.895 bits per heavy atom. The van der Waals surface area contributed by atoms with E-state index in [0.717, 1.165) is 0 Å². The average molecular weight is 513 g/mol. The number of imide groups is 2. The number of rotatable bonds is 8. The monoisotopic (exact) mass is 512 g/mol. The molecule has 10 nitrogen and oxygen atoms in total. The lowest BCUT2D eigenvalue weighted by Gasteiger charge is -2.31. The lowest BCUT2D eigenvalue weighted by molar-refractivity contribution is -0.671. The van der Waals surface area contributed by atoms with E-state index in [0.29, 0.717) is 59.0 Å². The van der Waals surface area contributed by atoms with Gasteiger partial charge in [0.1, 0.15) is 24.8 Å². The fourth-order valence-corrected chi connectivity index (χ4v) is 5.47. The van der Waals surface area contributed by atoms with Gasteiger partial charge in [-0.05, 0) is 24.3 Å². The van der Waals surface area contributed by atoms with E-state index in [9.17, 15) is 19.2 Å². The van der Waals surface area contributed by atoms with Gasteiger partial charge in [-0.2, -0.15) is 0 Å². The van der Waals surface area contributed by atoms with Crippen LogP contribution >= 0.6 is 0 Å². The molecule has 4 amide bonds. The number of imidazole rings is 2. The molecule has 0 N–H and O–H groups in total. The molecule has 0 aliphatic carbocycles. The van der Waals surface area contributed by atoms with Crippen LogP contribution in [0.3, 0.4) is 0 Å². The molecular weight excluding hydrogens is 484 g/mol. The third-order valence-electron chi connectivity index (χ3n) is 7.31. The zero-order valence-corrected chi connectivity index (χ0v) is 21.3. The number of carbonyl (C=O) groups excluding carboxylic acids is 4. The van der Waals surface area contributed by atoms with E-state index >= 15 is 0 Å². The lowest BCUT2D eigenvalue weighted by atomic mass is 9.86. The van der Waals surface area contributed by atoms with Gasteiger partial charge in [-0.15, -0.1) is 0 Å². The van der Waals surface area contributed by atoms with E-state index in [-0.39, 0.29) is 13.1 Å². The Labute approximate surface area is 218 Å². The van der Waals surface area contributed by atoms with Crippen molar-refractivity contribution in [1.82, 2.24) is 18.9 Å². The van der Waals surface area contributed by atoms with Gasteiger partial charge in [0.15, 0.2) is 0 Å². The first-order valence-electron chi connectivity index (χ1n) is 12.7. The van der Waals surface area contributed by atoms with E-state index < -0.39 is 23.6 Å². The topological polar surface area (TPSA) is 92.4 Å². The summed E-state index contributed by atoms with van der Waals surface area (Å²) in [6, 6.07) is 6.46. The molecule has 2 aromatic carbocycles. The maximum atomic E-state index is 13.4. The first-order valence-corrected chi connectivity index (χ1v) is 12.7. The van der Waals surface area contributed by atoms with E-state index in [1.165, 1.54) is 9.80 Å². The summed E-state index contributed by atoms with van der Waals surface area (Å²) < 4.78 is 7.86. The molecule has 6 rings (SSSR count). The molecule has 38 heavy (non-hydrogen) atoms. The number of aryl methyl sites for hydroxylation is 4. The van der Waals surface area contributed by atoms with Crippen molar-refractivity contribution in [2.24, 2.45) is 14.1 Å². The summed E-state index contributed by atoms with van der Waals surface area (Å²) in [7, 11) is 3.86. The smallest absolute Gasteiger partial charge is 0.261 e. The van der Waals surface area contributed by atoms with Gasteiger partial charge in [0, 0.05) is 59.0 Å². The molecule has 0 fully saturated rings. The summed E-state index contributed by atoms with van der Waals surface area (Å²) in [5, 5.41) is 0.815. The highest BCUT2D eigenvalue weighted by Gasteiger charge is 2.39. The molecule has 192 valence electrons. The van der Waals surface area contributed by atoms with Crippen LogP contribution in [0.1, 0.15) is 54.3 Å². The zero-order valence-electron chi connectivity index (χ0n) is 21.3. The molecule has 2 aliphatic heterocycles. The SMILES string of the molecule is C[n+]1ccn(CCCN2C(=O)c3ccc4c5c(ccc(c35)C2=O)C(=O)N(CCCn2cc[n+](C)c2)C4=O)c1. The van der Waals surface area contributed by atoms with Gasteiger partial charge in [-0.25, -0.2) is 18.3 Å². The van der Waals surface area contributed by atoms with Crippen molar-refractivity contribution in [3.8, 4) is 0 Å². The van der Waals surface area contributed by atoms with Gasteiger partial charge in [-0.1, -0.05) is 0 Å². The molecular formula is C28H28N6O4+2. The summed E-state index contributed by atoms with van der Waals surface area (Å²) in [6.07, 6.45) is 12.8. The summed E-state index contributed by atoms with van der Waals surface area (Å²) in [4.78, 5) is 56.2. The van der Waals surface area contributed by atoms with Crippen LogP contribution in [-0.2, 0) is 27.2 Å². The molecule has 0 bridgehead atoms. The van der Waals surface area contributed by atoms with Crippen LogP contribution in [0, 0.1) is 0 Å². The zero-order chi connectivity index (χ0) is 26.6. The number of carbonyl (C=O) groups is 4. The van der Waals surface area contributed by atoms with E-state index in [1.807, 2.05) is 69.8 Å². The molecule has 2 aliphatic rings. The molecule has 0 saturated heterocycles. The van der Waals surface area contributed by atoms with Crippen LogP contribution in [-0.4, -0.2) is 55.7 Å². The molecule has 0 saturated carbocycles. The fraction of sp³-hybridized carbons (Fsp3) is 0.286. The summed E-state index contributed by atoms with van der Waals surface area (Å²) in [5.41, 5.74) is 1.40. The highest BCUT2D eigenvalue weighted by atomic mass is 16.2. The fourth-order valence-electron chi connectivity index (χ4n) is 5.47. The molecule has 2 aromatic heterocycles. The second-order valence-electron chi connectivity index (χ2n) is 9.94. The van der Waals surface area contributed by atoms with Gasteiger partial charge in [-0.3, -0.25) is 29.0 Å². The minimum Gasteiger partial charge on any atom is -0.274 e. The van der Waals surface area contributed by atoms with Crippen LogP contribution in [0.15, 0.2) is 61.7 Å². The van der Waals surface area contributed by atoms with Crippen LogP contribution < -0.4 is 9.13 Å². The van der Waals surface area contributed by atoms with Crippen LogP contribution in [0.25, 0.3) is 10.8 Å². The second-order valence-corrected chi connectivity index (χ2v) is 9.94. The number of benzene rings is 2. The first kappa shape index (κ1) is 23.8. The Morgan fingerprint density at radius 1 is 0.553 bits per heavy atom. The average Bonchev–Trinajstić information content (AvgIpc) is 3.52. The van der Waals surface area contributed by atoms with Crippen molar-refractivity contribution < 1.29 is 28.3 Å². The minimum absolute atomic E-state index is 0.273. The van der Waals surface area contributed by atoms with Crippen LogP contribution in [0.4, 0.5) is 0 Å². The number of amides is 4. The van der Waals surface area contributed by atoms with Crippen molar-refractivity contribution in [3.63, 3.8) is 0 Å². The molecule has 4 aromatic rings. The lowest BCUT2D eigenvalue weighted by Crippen LogP contribution is -2.44. The normalized spacial score (nSPS) is 14.8. The number of aromatic nitrogens is 4. The van der Waals surface area contributed by atoms with Gasteiger partial charge in [0.25, 0.3) is 23.6 Å². The maximum Gasteiger partial charge on any atom is 0.261 e. The second kappa shape index (κ2) is 9.05. The molecule has 4 heterocycles. The number of hydrogen-bond acceptors (Lipinski definition) is 4. The first-order chi connectivity index (χ1) is 18.3. The third kappa shape index (κ3) is 3.80. The van der Waals surface area contributed by atoms with Crippen LogP contribution in [0.2, 0.25) is 0 Å². The van der Waals surface area contributed by atoms with E-state index in [4.69, 9.17) is 0 Å². The highest BCUT2D eigenvalue weighted by molar-refractivity contribution is 6.33. The Bertz CT molecular complexity index is 1460. The number of hydrogen-bond donors (Lipinski definition) is 0. The largest absolute Gasteiger partial charge is 0.274 e. The van der Waals surface area contributed by atoms with Crippen molar-refractivity contribution in [1.29, 1.82) is 0 Å². The molecule has 0 radical (unpaired) electrons. The Kier molecular flexibility index (Phi) is 5.67. The summed E-state index contributed by atoms with van der Waals surface area (Å²) >= 11 is 0. The molecule has 0 spiro atoms. The summed E-state index contributed by atoms with van der Waals surface area (Å²) in [6.45, 7) is 1.88. The van der Waals surface area contributed by atoms with Gasteiger partial charge >= 0.3 is 0 Å². The van der Waals surface area contributed by atoms with Crippen molar-refractivity contribution >= 4 is 34.4 Å². The number of nitrogens with zero attached hydrogens (tertiary/aromatic N) is 6. The van der Waals surface area contributed by atoms with Gasteiger partial charge in [0.05, 0.1) is 27.2 Å². The molecule has 10 heteroatoms. The molecule has 0 unspecified atom stereocenters. The van der Waals surface area contributed by atoms with Crippen molar-refractivity contribution in [2.45, 2.75) is 25.9 Å². The third-order valence-corrected chi connectivity index (χ3v) is 7.31. The predicted molar refractivity (Wildman–Crippen MR) is 135 cm³/mol. The highest BCUT2D eigenvalue weighted by Crippen LogP contribution is 2.37. The quantitative estimate of drug-likeness (QED) is 0.264. The van der Waals surface area contributed by atoms with Gasteiger partial charge in [0.2, 0.25) is 12.7 Å². The van der Waals surface area contributed by atoms with Gasteiger partial charge < -0.3 is 0 Å². The van der Waals surface area contributed by atoms with E-state index in [2.05, 4.69) is 0 Å². The maximum absolute atomic E-state index is 13.4. The Hall–Kier alpha value is -4.60. The molecule has 0 atom stereocenters. The van der Waals surface area contributed by atoms with E-state index in [1.54, 1.807) is 24.3 Å². The minimum atomic E-state index is -0.397. The standard InChI is InChI=1S/C28H28N6O4/c1-29-13-15-31(17-29)9-3-11-33-25(35)19-5-7-21-24-22(8-6-20(23(19)24)26(33)36)28(38)34(27(21)37)12-4-10-32-16-14-30(2)18-32/h5-8,13-18H,3-4,9-12H2,1-2H3/q+2. The van der Waals surface area contributed by atoms with Crippen molar-refractivity contribution in [3.05, 3.63) is 84.0 Å². The Morgan fingerprint density at radius 3 is 1.18 bits per heavy atom.